The number of carbonyl (C=O) groups excluding carboxylic acids is 1. The van der Waals surface area contributed by atoms with Crippen molar-refractivity contribution in [1.82, 2.24) is 24.1 Å². The Bertz CT molecular complexity index is 1600. The number of aromatic nitrogens is 5. The first kappa shape index (κ1) is 24.7. The summed E-state index contributed by atoms with van der Waals surface area (Å²) in [5.74, 6) is 0.695. The van der Waals surface area contributed by atoms with Crippen molar-refractivity contribution >= 4 is 35.0 Å². The highest BCUT2D eigenvalue weighted by Crippen LogP contribution is 2.31. The van der Waals surface area contributed by atoms with Crippen molar-refractivity contribution in [3.63, 3.8) is 0 Å². The van der Waals surface area contributed by atoms with Gasteiger partial charge in [-0.15, -0.1) is 10.2 Å². The van der Waals surface area contributed by atoms with Gasteiger partial charge >= 0.3 is 0 Å². The van der Waals surface area contributed by atoms with Crippen molar-refractivity contribution in [1.29, 1.82) is 0 Å². The minimum Gasteiger partial charge on any atom is -0.461 e. The second kappa shape index (κ2) is 10.2. The number of furan rings is 1. The molecule has 0 radical (unpaired) electrons. The van der Waals surface area contributed by atoms with Gasteiger partial charge in [0, 0.05) is 17.8 Å². The molecule has 0 saturated carbocycles. The van der Waals surface area contributed by atoms with Gasteiger partial charge in [0.1, 0.15) is 5.69 Å². The van der Waals surface area contributed by atoms with E-state index >= 15 is 0 Å². The maximum absolute atomic E-state index is 13.2. The number of thioether (sulfide) groups is 1. The second-order valence-corrected chi connectivity index (χ2v) is 10.0. The van der Waals surface area contributed by atoms with Crippen LogP contribution in [0.2, 0.25) is 5.02 Å². The van der Waals surface area contributed by atoms with Gasteiger partial charge in [-0.3, -0.25) is 18.8 Å². The summed E-state index contributed by atoms with van der Waals surface area (Å²) in [6.45, 7) is 3.54. The quantitative estimate of drug-likeness (QED) is 0.292. The van der Waals surface area contributed by atoms with Gasteiger partial charge in [-0.1, -0.05) is 41.6 Å². The van der Waals surface area contributed by atoms with E-state index in [2.05, 4.69) is 15.5 Å². The van der Waals surface area contributed by atoms with Crippen molar-refractivity contribution in [3.05, 3.63) is 94.1 Å². The Morgan fingerprint density at radius 3 is 2.43 bits per heavy atom. The zero-order chi connectivity index (χ0) is 26.1. The molecule has 0 aliphatic carbocycles. The molecule has 3 heterocycles. The van der Waals surface area contributed by atoms with Crippen LogP contribution in [-0.4, -0.2) is 35.3 Å². The fourth-order valence-electron chi connectivity index (χ4n) is 3.88. The van der Waals surface area contributed by atoms with E-state index in [4.69, 9.17) is 16.0 Å². The van der Waals surface area contributed by atoms with Gasteiger partial charge in [-0.05, 0) is 62.4 Å². The van der Waals surface area contributed by atoms with E-state index in [0.717, 1.165) is 5.69 Å². The Morgan fingerprint density at radius 2 is 1.76 bits per heavy atom. The summed E-state index contributed by atoms with van der Waals surface area (Å²) in [6.07, 6.45) is 1.56. The maximum atomic E-state index is 13.2. The lowest BCUT2D eigenvalue weighted by Crippen LogP contribution is -2.27. The number of nitrogens with zero attached hydrogens (tertiary/aromatic N) is 5. The summed E-state index contributed by atoms with van der Waals surface area (Å²) in [6, 6.07) is 20.0. The normalized spacial score (nSPS) is 12.0. The Labute approximate surface area is 221 Å². The molecule has 3 aromatic heterocycles. The number of anilines is 1. The van der Waals surface area contributed by atoms with Crippen molar-refractivity contribution in [2.75, 3.05) is 5.32 Å². The summed E-state index contributed by atoms with van der Waals surface area (Å²) in [5.41, 5.74) is 2.05. The third-order valence-corrected chi connectivity index (χ3v) is 7.21. The summed E-state index contributed by atoms with van der Waals surface area (Å²) < 4.78 is 10.6. The molecule has 5 aromatic rings. The molecule has 1 amide bonds. The van der Waals surface area contributed by atoms with Gasteiger partial charge in [-0.2, -0.15) is 0 Å². The monoisotopic (exact) mass is 534 g/mol. The number of carbonyl (C=O) groups is 1. The largest absolute Gasteiger partial charge is 0.461 e. The molecule has 0 fully saturated rings. The van der Waals surface area contributed by atoms with Crippen LogP contribution in [0.15, 0.2) is 87.4 Å². The van der Waals surface area contributed by atoms with Crippen LogP contribution >= 0.6 is 23.4 Å². The summed E-state index contributed by atoms with van der Waals surface area (Å²) >= 11 is 7.31. The molecule has 2 aromatic carbocycles. The number of amides is 1. The zero-order valence-electron chi connectivity index (χ0n) is 20.3. The minimum absolute atomic E-state index is 0.235. The van der Waals surface area contributed by atoms with Crippen LogP contribution in [0.4, 0.5) is 5.69 Å². The predicted molar refractivity (Wildman–Crippen MR) is 144 cm³/mol. The molecule has 0 aliphatic heterocycles. The van der Waals surface area contributed by atoms with E-state index in [0.29, 0.717) is 33.1 Å². The topological polar surface area (TPSA) is 99.9 Å². The lowest BCUT2D eigenvalue weighted by molar-refractivity contribution is -0.115. The predicted octanol–water partition coefficient (Wildman–Crippen LogP) is 5.10. The van der Waals surface area contributed by atoms with Crippen LogP contribution < -0.4 is 10.9 Å². The van der Waals surface area contributed by atoms with Crippen molar-refractivity contribution < 1.29 is 9.21 Å². The highest BCUT2D eigenvalue weighted by atomic mass is 35.5. The Kier molecular flexibility index (Phi) is 6.77. The molecular weight excluding hydrogens is 512 g/mol. The highest BCUT2D eigenvalue weighted by Gasteiger charge is 2.25. The van der Waals surface area contributed by atoms with Gasteiger partial charge in [-0.25, -0.2) is 4.68 Å². The van der Waals surface area contributed by atoms with E-state index in [1.54, 1.807) is 60.7 Å². The summed E-state index contributed by atoms with van der Waals surface area (Å²) in [7, 11) is 1.78. The number of halogens is 1. The zero-order valence-corrected chi connectivity index (χ0v) is 21.8. The third kappa shape index (κ3) is 4.73. The van der Waals surface area contributed by atoms with Gasteiger partial charge in [0.05, 0.1) is 22.9 Å². The second-order valence-electron chi connectivity index (χ2n) is 8.28. The van der Waals surface area contributed by atoms with E-state index < -0.39 is 5.25 Å². The van der Waals surface area contributed by atoms with E-state index in [-0.39, 0.29) is 17.2 Å². The molecule has 0 saturated heterocycles. The molecule has 11 heteroatoms. The average molecular weight is 535 g/mol. The summed E-state index contributed by atoms with van der Waals surface area (Å²) in [5, 5.41) is 11.9. The molecule has 37 heavy (non-hydrogen) atoms. The number of benzene rings is 2. The van der Waals surface area contributed by atoms with E-state index in [9.17, 15) is 9.59 Å². The molecule has 0 spiro atoms. The first-order chi connectivity index (χ1) is 17.8. The first-order valence-electron chi connectivity index (χ1n) is 11.4. The fourth-order valence-corrected chi connectivity index (χ4v) is 4.88. The molecule has 9 nitrogen and oxygen atoms in total. The number of nitrogens with one attached hydrogen (secondary N) is 1. The Morgan fingerprint density at radius 1 is 1.03 bits per heavy atom. The average Bonchev–Trinajstić information content (AvgIpc) is 3.62. The molecule has 0 aliphatic rings. The van der Waals surface area contributed by atoms with Crippen LogP contribution in [-0.2, 0) is 11.8 Å². The van der Waals surface area contributed by atoms with Crippen molar-refractivity contribution in [2.24, 2.45) is 7.05 Å². The molecule has 5 rings (SSSR count). The van der Waals surface area contributed by atoms with Gasteiger partial charge in [0.25, 0.3) is 5.56 Å². The van der Waals surface area contributed by atoms with Gasteiger partial charge in [0.2, 0.25) is 11.7 Å². The summed E-state index contributed by atoms with van der Waals surface area (Å²) in [4.78, 5) is 26.4. The Hall–Kier alpha value is -4.02. The van der Waals surface area contributed by atoms with Crippen molar-refractivity contribution in [2.45, 2.75) is 24.3 Å². The lowest BCUT2D eigenvalue weighted by Gasteiger charge is -2.13. The highest BCUT2D eigenvalue weighted by molar-refractivity contribution is 8.00. The smallest absolute Gasteiger partial charge is 0.295 e. The molecule has 1 unspecified atom stereocenters. The van der Waals surface area contributed by atoms with Crippen LogP contribution in [0.3, 0.4) is 0 Å². The lowest BCUT2D eigenvalue weighted by atomic mass is 10.3. The molecule has 1 N–H and O–H groups in total. The number of hydrogen-bond acceptors (Lipinski definition) is 6. The van der Waals surface area contributed by atoms with Gasteiger partial charge in [0.15, 0.2) is 10.9 Å². The Balaban J connectivity index is 1.43. The SMILES string of the molecule is Cc1c(NC(=O)C(C)Sc2nnc(-c3ccco3)n2-c2ccc(Cl)cc2)c(=O)n(-c2ccccc2)n1C. The number of hydrogen-bond donors (Lipinski definition) is 1. The fraction of sp³-hybridized carbons (Fsp3) is 0.154. The van der Waals surface area contributed by atoms with Crippen LogP contribution in [0.1, 0.15) is 12.6 Å². The number of para-hydroxylation sites is 1. The van der Waals surface area contributed by atoms with Crippen LogP contribution in [0, 0.1) is 6.92 Å². The minimum atomic E-state index is -0.594. The van der Waals surface area contributed by atoms with Crippen molar-refractivity contribution in [3.8, 4) is 23.0 Å². The molecule has 1 atom stereocenters. The molecule has 0 bridgehead atoms. The van der Waals surface area contributed by atoms with E-state index in [1.807, 2.05) is 42.5 Å². The van der Waals surface area contributed by atoms with E-state index in [1.165, 1.54) is 16.4 Å². The van der Waals surface area contributed by atoms with Crippen LogP contribution in [0.25, 0.3) is 23.0 Å². The standard InChI is InChI=1S/C26H23ClN6O3S/c1-16-22(25(35)33(31(16)3)20-8-5-4-6-9-20)28-24(34)17(2)37-26-30-29-23(21-10-7-15-36-21)32(26)19-13-11-18(27)12-14-19/h4-15,17H,1-3H3,(H,28,34). The molecular formula is C26H23ClN6O3S. The number of rotatable bonds is 7. The van der Waals surface area contributed by atoms with Crippen LogP contribution in [0.5, 0.6) is 0 Å². The maximum Gasteiger partial charge on any atom is 0.295 e. The first-order valence-corrected chi connectivity index (χ1v) is 12.7. The van der Waals surface area contributed by atoms with Gasteiger partial charge < -0.3 is 9.73 Å². The molecule has 188 valence electrons. The third-order valence-electron chi connectivity index (χ3n) is 5.91.